The second-order valence-corrected chi connectivity index (χ2v) is 10.5. The van der Waals surface area contributed by atoms with Crippen LogP contribution in [-0.2, 0) is 16.6 Å². The van der Waals surface area contributed by atoms with Gasteiger partial charge in [0.2, 0.25) is 5.91 Å². The molecule has 0 N–H and O–H groups in total. The van der Waals surface area contributed by atoms with Crippen molar-refractivity contribution in [3.05, 3.63) is 86.9 Å². The van der Waals surface area contributed by atoms with E-state index >= 15 is 0 Å². The Labute approximate surface area is 198 Å². The minimum absolute atomic E-state index is 0.0200. The van der Waals surface area contributed by atoms with Crippen LogP contribution in [0.4, 0.5) is 11.4 Å². The van der Waals surface area contributed by atoms with Crippen molar-refractivity contribution in [2.45, 2.75) is 51.6 Å². The maximum absolute atomic E-state index is 14.1. The maximum atomic E-state index is 14.1. The van der Waals surface area contributed by atoms with Gasteiger partial charge in [0.1, 0.15) is 11.4 Å². The first-order valence-corrected chi connectivity index (χ1v) is 11.6. The average Bonchev–Trinajstić information content (AvgIpc) is 2.94. The highest BCUT2D eigenvalue weighted by Crippen LogP contribution is 2.51. The van der Waals surface area contributed by atoms with Crippen LogP contribution in [0.5, 0.6) is 5.75 Å². The average molecular weight is 466 g/mol. The summed E-state index contributed by atoms with van der Waals surface area (Å²) in [7, 11) is 0. The molecule has 2 aliphatic heterocycles. The van der Waals surface area contributed by atoms with Crippen LogP contribution in [0.2, 0.25) is 10.0 Å². The number of ether oxygens (including phenoxy) is 1. The fourth-order valence-corrected chi connectivity index (χ4v) is 5.36. The van der Waals surface area contributed by atoms with Crippen molar-refractivity contribution < 1.29 is 9.53 Å². The number of nitrogens with zero attached hydrogens (tertiary/aromatic N) is 1. The number of hydrogen-bond donors (Lipinski definition) is 0. The Morgan fingerprint density at radius 2 is 1.72 bits per heavy atom. The minimum Gasteiger partial charge on any atom is -0.488 e. The van der Waals surface area contributed by atoms with Gasteiger partial charge in [-0.15, -0.1) is 0 Å². The van der Waals surface area contributed by atoms with Crippen LogP contribution >= 0.6 is 23.2 Å². The van der Waals surface area contributed by atoms with Gasteiger partial charge >= 0.3 is 0 Å². The number of hydrogen-bond acceptors (Lipinski definition) is 2. The van der Waals surface area contributed by atoms with Gasteiger partial charge in [-0.1, -0.05) is 35.3 Å². The van der Waals surface area contributed by atoms with E-state index in [0.717, 1.165) is 52.2 Å². The standard InChI is InChI=1S/C27H25Cl2NO2/c1-16-11-20(29)14-21(12-16)30-23-7-6-19(28)15-22(23)27(4,25(30)31)18-5-8-24-17(13-18)9-10-26(2,3)32-24/h5-8,11-15H,9-10H2,1-4H3/t27-/m0/s1. The molecule has 2 heterocycles. The highest BCUT2D eigenvalue weighted by Gasteiger charge is 2.49. The third-order valence-electron chi connectivity index (χ3n) is 6.67. The molecule has 0 radical (unpaired) electrons. The molecule has 0 aliphatic carbocycles. The van der Waals surface area contributed by atoms with E-state index in [1.807, 2.05) is 62.4 Å². The second-order valence-electron chi connectivity index (χ2n) is 9.60. The molecule has 0 fully saturated rings. The van der Waals surface area contributed by atoms with Crippen molar-refractivity contribution in [1.82, 2.24) is 0 Å². The molecule has 0 spiro atoms. The number of anilines is 2. The Hall–Kier alpha value is -2.49. The Balaban J connectivity index is 1.68. The quantitative estimate of drug-likeness (QED) is 0.394. The molecule has 164 valence electrons. The van der Waals surface area contributed by atoms with Gasteiger partial charge in [0.05, 0.1) is 16.8 Å². The van der Waals surface area contributed by atoms with Crippen LogP contribution in [0.15, 0.2) is 54.6 Å². The van der Waals surface area contributed by atoms with Gasteiger partial charge in [-0.05, 0) is 105 Å². The predicted octanol–water partition coefficient (Wildman–Crippen LogP) is 7.39. The monoisotopic (exact) mass is 465 g/mol. The summed E-state index contributed by atoms with van der Waals surface area (Å²) >= 11 is 12.8. The molecule has 3 aromatic carbocycles. The van der Waals surface area contributed by atoms with E-state index < -0.39 is 5.41 Å². The number of rotatable bonds is 2. The number of aryl methyl sites for hydroxylation is 2. The van der Waals surface area contributed by atoms with E-state index in [1.54, 1.807) is 4.90 Å². The Bertz CT molecular complexity index is 1250. The molecule has 0 saturated heterocycles. The predicted molar refractivity (Wildman–Crippen MR) is 131 cm³/mol. The summed E-state index contributed by atoms with van der Waals surface area (Å²) in [5.74, 6) is 0.876. The summed E-state index contributed by atoms with van der Waals surface area (Å²) in [6.07, 6.45) is 1.85. The van der Waals surface area contributed by atoms with Crippen molar-refractivity contribution in [3.8, 4) is 5.75 Å². The topological polar surface area (TPSA) is 29.5 Å². The van der Waals surface area contributed by atoms with Crippen LogP contribution in [0.3, 0.4) is 0 Å². The highest BCUT2D eigenvalue weighted by atomic mass is 35.5. The molecular weight excluding hydrogens is 441 g/mol. The molecule has 32 heavy (non-hydrogen) atoms. The number of halogens is 2. The van der Waals surface area contributed by atoms with E-state index in [-0.39, 0.29) is 11.5 Å². The van der Waals surface area contributed by atoms with Crippen molar-refractivity contribution in [2.24, 2.45) is 0 Å². The molecule has 5 heteroatoms. The van der Waals surface area contributed by atoms with Crippen LogP contribution in [-0.4, -0.2) is 11.5 Å². The normalized spacial score (nSPS) is 21.2. The van der Waals surface area contributed by atoms with Gasteiger partial charge in [-0.3, -0.25) is 9.69 Å². The molecule has 0 aromatic heterocycles. The van der Waals surface area contributed by atoms with Crippen molar-refractivity contribution in [1.29, 1.82) is 0 Å². The molecule has 0 bridgehead atoms. The van der Waals surface area contributed by atoms with Crippen molar-refractivity contribution in [2.75, 3.05) is 4.90 Å². The van der Waals surface area contributed by atoms with Gasteiger partial charge in [0, 0.05) is 10.0 Å². The zero-order valence-corrected chi connectivity index (χ0v) is 20.1. The summed E-state index contributed by atoms with van der Waals surface area (Å²) in [6.45, 7) is 8.17. The molecule has 0 unspecified atom stereocenters. The summed E-state index contributed by atoms with van der Waals surface area (Å²) in [5.41, 5.74) is 4.50. The lowest BCUT2D eigenvalue weighted by atomic mass is 9.76. The Morgan fingerprint density at radius 1 is 0.938 bits per heavy atom. The lowest BCUT2D eigenvalue weighted by Crippen LogP contribution is -2.37. The van der Waals surface area contributed by atoms with Gasteiger partial charge < -0.3 is 4.74 Å². The minimum atomic E-state index is -0.877. The molecule has 0 saturated carbocycles. The summed E-state index contributed by atoms with van der Waals surface area (Å²) < 4.78 is 6.17. The van der Waals surface area contributed by atoms with Crippen molar-refractivity contribution >= 4 is 40.5 Å². The fraction of sp³-hybridized carbons (Fsp3) is 0.296. The molecule has 1 atom stereocenters. The number of carbonyl (C=O) groups excluding carboxylic acids is 1. The van der Waals surface area contributed by atoms with Crippen LogP contribution in [0.25, 0.3) is 0 Å². The molecule has 1 amide bonds. The molecule has 2 aliphatic rings. The highest BCUT2D eigenvalue weighted by molar-refractivity contribution is 6.32. The largest absolute Gasteiger partial charge is 0.488 e. The molecule has 3 aromatic rings. The first-order valence-electron chi connectivity index (χ1n) is 10.8. The Kier molecular flexibility index (Phi) is 4.85. The third kappa shape index (κ3) is 3.30. The van der Waals surface area contributed by atoms with Crippen LogP contribution in [0.1, 0.15) is 49.4 Å². The summed E-state index contributed by atoms with van der Waals surface area (Å²) in [5, 5.41) is 1.21. The van der Waals surface area contributed by atoms with E-state index in [1.165, 1.54) is 0 Å². The summed E-state index contributed by atoms with van der Waals surface area (Å²) in [4.78, 5) is 15.9. The number of fused-ring (bicyclic) bond motifs is 2. The second kappa shape index (κ2) is 7.26. The van der Waals surface area contributed by atoms with Gasteiger partial charge in [0.25, 0.3) is 0 Å². The van der Waals surface area contributed by atoms with E-state index in [9.17, 15) is 4.79 Å². The van der Waals surface area contributed by atoms with Crippen LogP contribution < -0.4 is 9.64 Å². The fourth-order valence-electron chi connectivity index (χ4n) is 4.90. The van der Waals surface area contributed by atoms with Crippen molar-refractivity contribution in [3.63, 3.8) is 0 Å². The van der Waals surface area contributed by atoms with Gasteiger partial charge in [-0.25, -0.2) is 0 Å². The maximum Gasteiger partial charge on any atom is 0.246 e. The number of amides is 1. The number of benzene rings is 3. The SMILES string of the molecule is Cc1cc(Cl)cc(N2C(=O)[C@@](C)(c3ccc4c(c3)CCC(C)(C)O4)c3cc(Cl)ccc32)c1. The smallest absolute Gasteiger partial charge is 0.246 e. The van der Waals surface area contributed by atoms with E-state index in [4.69, 9.17) is 27.9 Å². The number of carbonyl (C=O) groups is 1. The van der Waals surface area contributed by atoms with Gasteiger partial charge in [0.15, 0.2) is 0 Å². The zero-order valence-electron chi connectivity index (χ0n) is 18.6. The van der Waals surface area contributed by atoms with Crippen LogP contribution in [0, 0.1) is 6.92 Å². The van der Waals surface area contributed by atoms with Gasteiger partial charge in [-0.2, -0.15) is 0 Å². The zero-order chi connectivity index (χ0) is 22.8. The van der Waals surface area contributed by atoms with E-state index in [2.05, 4.69) is 19.9 Å². The van der Waals surface area contributed by atoms with E-state index in [0.29, 0.717) is 10.0 Å². The lowest BCUT2D eigenvalue weighted by molar-refractivity contribution is -0.120. The molecule has 3 nitrogen and oxygen atoms in total. The lowest BCUT2D eigenvalue weighted by Gasteiger charge is -2.34. The summed E-state index contributed by atoms with van der Waals surface area (Å²) in [6, 6.07) is 17.5. The first-order chi connectivity index (χ1) is 15.1. The first kappa shape index (κ1) is 21.4. The Morgan fingerprint density at radius 3 is 2.47 bits per heavy atom. The third-order valence-corrected chi connectivity index (χ3v) is 7.13. The molecular formula is C27H25Cl2NO2. The molecule has 5 rings (SSSR count).